The van der Waals surface area contributed by atoms with Gasteiger partial charge in [0.2, 0.25) is 0 Å². The van der Waals surface area contributed by atoms with Crippen LogP contribution in [0.3, 0.4) is 0 Å². The van der Waals surface area contributed by atoms with Gasteiger partial charge in [-0.3, -0.25) is 0 Å². The molecule has 1 aromatic rings. The van der Waals surface area contributed by atoms with Crippen molar-refractivity contribution in [1.29, 1.82) is 0 Å². The number of carbonyl (C=O) groups is 1. The molecule has 0 saturated carbocycles. The van der Waals surface area contributed by atoms with E-state index in [2.05, 4.69) is 12.6 Å². The second-order valence-corrected chi connectivity index (χ2v) is 5.47. The van der Waals surface area contributed by atoms with Crippen molar-refractivity contribution in [2.75, 3.05) is 0 Å². The predicted molar refractivity (Wildman–Crippen MR) is 81.8 cm³/mol. The van der Waals surface area contributed by atoms with Crippen molar-refractivity contribution < 1.29 is 9.63 Å². The summed E-state index contributed by atoms with van der Waals surface area (Å²) < 4.78 is 1.66. The first-order chi connectivity index (χ1) is 8.86. The summed E-state index contributed by atoms with van der Waals surface area (Å²) in [4.78, 5) is 18.1. The zero-order valence-corrected chi connectivity index (χ0v) is 12.9. The highest BCUT2D eigenvalue weighted by Crippen LogP contribution is 2.18. The van der Waals surface area contributed by atoms with Gasteiger partial charge in [0.15, 0.2) is 0 Å². The lowest BCUT2D eigenvalue weighted by atomic mass is 9.93. The monoisotopic (exact) mass is 295 g/mol. The van der Waals surface area contributed by atoms with E-state index in [-0.39, 0.29) is 5.97 Å². The van der Waals surface area contributed by atoms with Gasteiger partial charge in [-0.05, 0) is 32.9 Å². The first-order valence-electron chi connectivity index (χ1n) is 5.82. The van der Waals surface area contributed by atoms with Crippen LogP contribution in [0.25, 0.3) is 0 Å². The number of thiol groups is 1. The summed E-state index contributed by atoms with van der Waals surface area (Å²) >= 11 is 9.26. The summed E-state index contributed by atoms with van der Waals surface area (Å²) in [6.07, 6.45) is 8.92. The van der Waals surface area contributed by atoms with Gasteiger partial charge in [0, 0.05) is 11.1 Å². The van der Waals surface area contributed by atoms with Crippen LogP contribution in [0.4, 0.5) is 0 Å². The van der Waals surface area contributed by atoms with Gasteiger partial charge in [-0.15, -0.1) is 12.6 Å². The Morgan fingerprint density at radius 2 is 2.16 bits per heavy atom. The Balaban J connectivity index is 2.87. The van der Waals surface area contributed by atoms with E-state index in [1.54, 1.807) is 38.3 Å². The van der Waals surface area contributed by atoms with Gasteiger partial charge in [-0.2, -0.15) is 4.73 Å². The highest BCUT2D eigenvalue weighted by molar-refractivity contribution is 7.80. The van der Waals surface area contributed by atoms with Gasteiger partial charge < -0.3 is 4.84 Å². The molecule has 0 unspecified atom stereocenters. The van der Waals surface area contributed by atoms with Crippen molar-refractivity contribution in [2.24, 2.45) is 5.41 Å². The minimum Gasteiger partial charge on any atom is -0.335 e. The minimum atomic E-state index is -0.728. The second kappa shape index (κ2) is 6.73. The van der Waals surface area contributed by atoms with Crippen LogP contribution in [0.5, 0.6) is 0 Å². The average molecular weight is 295 g/mol. The predicted octanol–water partition coefficient (Wildman–Crippen LogP) is 3.62. The van der Waals surface area contributed by atoms with Gasteiger partial charge in [0.25, 0.3) is 0 Å². The Morgan fingerprint density at radius 3 is 2.74 bits per heavy atom. The molecule has 0 bridgehead atoms. The molecule has 0 aromatic carbocycles. The second-order valence-electron chi connectivity index (χ2n) is 4.53. The molecule has 3 nitrogen and oxygen atoms in total. The van der Waals surface area contributed by atoms with Crippen molar-refractivity contribution in [1.82, 2.24) is 4.73 Å². The van der Waals surface area contributed by atoms with Gasteiger partial charge in [0.1, 0.15) is 4.64 Å². The molecule has 0 amide bonds. The molecule has 0 radical (unpaired) electrons. The van der Waals surface area contributed by atoms with E-state index in [4.69, 9.17) is 17.1 Å². The lowest BCUT2D eigenvalue weighted by Crippen LogP contribution is -2.32. The summed E-state index contributed by atoms with van der Waals surface area (Å²) in [5.74, 6) is -0.378. The lowest BCUT2D eigenvalue weighted by Gasteiger charge is -2.18. The van der Waals surface area contributed by atoms with Gasteiger partial charge in [-0.1, -0.05) is 36.5 Å². The molecule has 0 aliphatic heterocycles. The molecule has 102 valence electrons. The molecule has 1 aromatic heterocycles. The Bertz CT molecular complexity index is 571. The minimum absolute atomic E-state index is 0.378. The Kier molecular flexibility index (Phi) is 5.57. The van der Waals surface area contributed by atoms with E-state index in [0.29, 0.717) is 4.64 Å². The smallest absolute Gasteiger partial charge is 0.335 e. The van der Waals surface area contributed by atoms with E-state index in [0.717, 1.165) is 4.90 Å². The van der Waals surface area contributed by atoms with E-state index in [1.807, 2.05) is 25.2 Å². The fraction of sp³-hybridized carbons (Fsp3) is 0.286. The van der Waals surface area contributed by atoms with Gasteiger partial charge >= 0.3 is 5.97 Å². The van der Waals surface area contributed by atoms with E-state index in [9.17, 15) is 4.79 Å². The van der Waals surface area contributed by atoms with Crippen molar-refractivity contribution >= 4 is 30.8 Å². The van der Waals surface area contributed by atoms with Crippen molar-refractivity contribution in [2.45, 2.75) is 25.7 Å². The number of pyridine rings is 1. The highest BCUT2D eigenvalue weighted by Gasteiger charge is 2.27. The average Bonchev–Trinajstić information content (AvgIpc) is 2.32. The third-order valence-electron chi connectivity index (χ3n) is 2.39. The number of rotatable bonds is 4. The van der Waals surface area contributed by atoms with E-state index < -0.39 is 5.41 Å². The SMILES string of the molecule is C/C=C/C=C/C(C)(C)C(=O)On1ccc(S)cc1=S. The Morgan fingerprint density at radius 1 is 1.47 bits per heavy atom. The number of nitrogens with zero attached hydrogens (tertiary/aromatic N) is 1. The quantitative estimate of drug-likeness (QED) is 0.523. The molecule has 0 saturated heterocycles. The standard InChI is InChI=1S/C14H17NO2S2/c1-4-5-6-8-14(2,3)13(16)17-15-9-7-11(18)10-12(15)19/h4-10,18H,1-3H3/b5-4+,8-6+. The third-order valence-corrected chi connectivity index (χ3v) is 2.97. The largest absolute Gasteiger partial charge is 0.342 e. The van der Waals surface area contributed by atoms with Crippen molar-refractivity contribution in [3.63, 3.8) is 0 Å². The van der Waals surface area contributed by atoms with Crippen LogP contribution in [0, 0.1) is 10.1 Å². The van der Waals surface area contributed by atoms with Gasteiger partial charge in [-0.25, -0.2) is 4.79 Å². The zero-order valence-electron chi connectivity index (χ0n) is 11.2. The van der Waals surface area contributed by atoms with E-state index in [1.165, 1.54) is 4.73 Å². The number of aromatic nitrogens is 1. The molecule has 0 aliphatic carbocycles. The number of hydrogen-bond acceptors (Lipinski definition) is 4. The maximum Gasteiger partial charge on any atom is 0.342 e. The Hall–Kier alpha value is -1.33. The number of allylic oxidation sites excluding steroid dienone is 3. The highest BCUT2D eigenvalue weighted by atomic mass is 32.1. The molecule has 0 spiro atoms. The number of carbonyl (C=O) groups excluding carboxylic acids is 1. The molecule has 1 rings (SSSR count). The summed E-state index contributed by atoms with van der Waals surface area (Å²) in [5.41, 5.74) is -0.728. The molecular formula is C14H17NO2S2. The Labute approximate surface area is 124 Å². The van der Waals surface area contributed by atoms with Crippen LogP contribution >= 0.6 is 24.8 Å². The summed E-state index contributed by atoms with van der Waals surface area (Å²) in [5, 5.41) is 0. The number of hydrogen-bond donors (Lipinski definition) is 1. The molecule has 0 fully saturated rings. The maximum absolute atomic E-state index is 12.1. The van der Waals surface area contributed by atoms with Crippen LogP contribution in [-0.4, -0.2) is 10.7 Å². The summed E-state index contributed by atoms with van der Waals surface area (Å²) in [6, 6.07) is 3.35. The van der Waals surface area contributed by atoms with E-state index >= 15 is 0 Å². The molecule has 5 heteroatoms. The molecule has 0 atom stereocenters. The maximum atomic E-state index is 12.1. The third kappa shape index (κ3) is 4.69. The van der Waals surface area contributed by atoms with Crippen LogP contribution in [0.2, 0.25) is 0 Å². The summed E-state index contributed by atoms with van der Waals surface area (Å²) in [6.45, 7) is 5.48. The van der Waals surface area contributed by atoms with Crippen LogP contribution in [0.1, 0.15) is 20.8 Å². The van der Waals surface area contributed by atoms with Crippen LogP contribution in [0.15, 0.2) is 47.5 Å². The molecule has 1 heterocycles. The molecule has 0 N–H and O–H groups in total. The normalized spacial score (nSPS) is 12.2. The molecular weight excluding hydrogens is 278 g/mol. The van der Waals surface area contributed by atoms with Crippen LogP contribution in [-0.2, 0) is 4.79 Å². The lowest BCUT2D eigenvalue weighted by molar-refractivity contribution is -0.152. The van der Waals surface area contributed by atoms with Crippen LogP contribution < -0.4 is 4.84 Å². The first-order valence-corrected chi connectivity index (χ1v) is 6.67. The summed E-state index contributed by atoms with van der Waals surface area (Å²) in [7, 11) is 0. The fourth-order valence-corrected chi connectivity index (χ4v) is 1.71. The van der Waals surface area contributed by atoms with Crippen molar-refractivity contribution in [3.8, 4) is 0 Å². The molecule has 0 aliphatic rings. The zero-order chi connectivity index (χ0) is 14.5. The fourth-order valence-electron chi connectivity index (χ4n) is 1.21. The topological polar surface area (TPSA) is 31.2 Å². The van der Waals surface area contributed by atoms with Crippen molar-refractivity contribution in [3.05, 3.63) is 47.3 Å². The van der Waals surface area contributed by atoms with Gasteiger partial charge in [0.05, 0.1) is 5.41 Å². The molecule has 19 heavy (non-hydrogen) atoms. The first kappa shape index (κ1) is 15.7.